The Hall–Kier alpha value is -1.00. The minimum atomic E-state index is 0.160. The average Bonchev–Trinajstić information content (AvgIpc) is 2.71. The van der Waals surface area contributed by atoms with Gasteiger partial charge in [-0.15, -0.1) is 0 Å². The smallest absolute Gasteiger partial charge is 0.142 e. The van der Waals surface area contributed by atoms with Gasteiger partial charge >= 0.3 is 0 Å². The number of hydrogen-bond acceptors (Lipinski definition) is 4. The fourth-order valence-electron chi connectivity index (χ4n) is 1.50. The predicted molar refractivity (Wildman–Crippen MR) is 47.9 cm³/mol. The van der Waals surface area contributed by atoms with E-state index in [-0.39, 0.29) is 6.10 Å². The molecule has 1 saturated heterocycles. The second-order valence-electron chi connectivity index (χ2n) is 3.10. The fourth-order valence-corrected chi connectivity index (χ4v) is 1.50. The first-order valence-electron chi connectivity index (χ1n) is 4.53. The molecule has 1 unspecified atom stereocenters. The zero-order valence-corrected chi connectivity index (χ0v) is 7.44. The molecule has 0 spiro atoms. The standard InChI is InChI=1S/C9H13N3O/c10-6-9-11-4-3-7(12-9)8-2-1-5-13-8/h3-4,8H,1-2,5-6,10H2. The van der Waals surface area contributed by atoms with Crippen molar-refractivity contribution in [1.82, 2.24) is 9.97 Å². The van der Waals surface area contributed by atoms with Gasteiger partial charge in [0.05, 0.1) is 18.3 Å². The molecule has 2 N–H and O–H groups in total. The van der Waals surface area contributed by atoms with Crippen molar-refractivity contribution in [3.63, 3.8) is 0 Å². The molecule has 0 radical (unpaired) electrons. The van der Waals surface area contributed by atoms with Crippen molar-refractivity contribution in [2.45, 2.75) is 25.5 Å². The van der Waals surface area contributed by atoms with E-state index in [1.54, 1.807) is 6.20 Å². The largest absolute Gasteiger partial charge is 0.372 e. The second kappa shape index (κ2) is 3.81. The lowest BCUT2D eigenvalue weighted by Crippen LogP contribution is -2.07. The summed E-state index contributed by atoms with van der Waals surface area (Å²) in [5, 5.41) is 0. The maximum absolute atomic E-state index is 5.51. The Kier molecular flexibility index (Phi) is 2.52. The summed E-state index contributed by atoms with van der Waals surface area (Å²) in [6.45, 7) is 1.23. The van der Waals surface area contributed by atoms with Crippen LogP contribution in [-0.4, -0.2) is 16.6 Å². The summed E-state index contributed by atoms with van der Waals surface area (Å²) in [4.78, 5) is 8.35. The number of rotatable bonds is 2. The van der Waals surface area contributed by atoms with Gasteiger partial charge in [0.1, 0.15) is 5.82 Å². The Bertz CT molecular complexity index is 284. The van der Waals surface area contributed by atoms with Gasteiger partial charge in [-0.1, -0.05) is 0 Å². The highest BCUT2D eigenvalue weighted by Crippen LogP contribution is 2.26. The van der Waals surface area contributed by atoms with E-state index in [1.165, 1.54) is 0 Å². The average molecular weight is 179 g/mol. The summed E-state index contributed by atoms with van der Waals surface area (Å²) in [5.41, 5.74) is 6.42. The van der Waals surface area contributed by atoms with Crippen LogP contribution in [-0.2, 0) is 11.3 Å². The van der Waals surface area contributed by atoms with Gasteiger partial charge in [-0.3, -0.25) is 0 Å². The number of aromatic nitrogens is 2. The van der Waals surface area contributed by atoms with Gasteiger partial charge in [0.25, 0.3) is 0 Å². The maximum atomic E-state index is 5.51. The lowest BCUT2D eigenvalue weighted by atomic mass is 10.2. The Morgan fingerprint density at radius 1 is 1.62 bits per heavy atom. The molecule has 1 aromatic heterocycles. The van der Waals surface area contributed by atoms with Crippen LogP contribution in [0.1, 0.15) is 30.5 Å². The molecule has 2 rings (SSSR count). The molecule has 1 aliphatic rings. The van der Waals surface area contributed by atoms with Crippen LogP contribution in [0.3, 0.4) is 0 Å². The van der Waals surface area contributed by atoms with Crippen LogP contribution < -0.4 is 5.73 Å². The minimum absolute atomic E-state index is 0.160. The van der Waals surface area contributed by atoms with Crippen molar-refractivity contribution in [2.24, 2.45) is 5.73 Å². The maximum Gasteiger partial charge on any atom is 0.142 e. The summed E-state index contributed by atoms with van der Waals surface area (Å²) in [6.07, 6.45) is 4.08. The van der Waals surface area contributed by atoms with Crippen LogP contribution in [0.2, 0.25) is 0 Å². The third-order valence-electron chi connectivity index (χ3n) is 2.17. The number of ether oxygens (including phenoxy) is 1. The molecule has 1 atom stereocenters. The molecular formula is C9H13N3O. The molecule has 1 aromatic rings. The van der Waals surface area contributed by atoms with Crippen molar-refractivity contribution < 1.29 is 4.74 Å². The van der Waals surface area contributed by atoms with E-state index in [4.69, 9.17) is 10.5 Å². The number of nitrogens with zero attached hydrogens (tertiary/aromatic N) is 2. The SMILES string of the molecule is NCc1nccc(C2CCCO2)n1. The van der Waals surface area contributed by atoms with Gasteiger partial charge < -0.3 is 10.5 Å². The van der Waals surface area contributed by atoms with Gasteiger partial charge in [0.15, 0.2) is 0 Å². The van der Waals surface area contributed by atoms with Gasteiger partial charge in [0, 0.05) is 12.8 Å². The highest BCUT2D eigenvalue weighted by molar-refractivity contribution is 5.06. The van der Waals surface area contributed by atoms with E-state index in [9.17, 15) is 0 Å². The van der Waals surface area contributed by atoms with Crippen LogP contribution in [0.4, 0.5) is 0 Å². The molecule has 2 heterocycles. The molecule has 70 valence electrons. The van der Waals surface area contributed by atoms with E-state index in [2.05, 4.69) is 9.97 Å². The van der Waals surface area contributed by atoms with Crippen LogP contribution in [0.25, 0.3) is 0 Å². The summed E-state index contributed by atoms with van der Waals surface area (Å²) in [7, 11) is 0. The van der Waals surface area contributed by atoms with Crippen LogP contribution in [0.15, 0.2) is 12.3 Å². The van der Waals surface area contributed by atoms with Crippen molar-refractivity contribution in [3.05, 3.63) is 23.8 Å². The first-order chi connectivity index (χ1) is 6.40. The molecule has 0 bridgehead atoms. The first-order valence-corrected chi connectivity index (χ1v) is 4.53. The Balaban J connectivity index is 2.18. The lowest BCUT2D eigenvalue weighted by molar-refractivity contribution is 0.108. The lowest BCUT2D eigenvalue weighted by Gasteiger charge is -2.08. The Labute approximate surface area is 77.1 Å². The zero-order valence-electron chi connectivity index (χ0n) is 7.44. The quantitative estimate of drug-likeness (QED) is 0.729. The zero-order chi connectivity index (χ0) is 9.10. The monoisotopic (exact) mass is 179 g/mol. The minimum Gasteiger partial charge on any atom is -0.372 e. The van der Waals surface area contributed by atoms with Crippen molar-refractivity contribution >= 4 is 0 Å². The van der Waals surface area contributed by atoms with Gasteiger partial charge in [-0.2, -0.15) is 0 Å². The third-order valence-corrected chi connectivity index (χ3v) is 2.17. The summed E-state index contributed by atoms with van der Waals surface area (Å²) >= 11 is 0. The fraction of sp³-hybridized carbons (Fsp3) is 0.556. The van der Waals surface area contributed by atoms with Crippen molar-refractivity contribution in [2.75, 3.05) is 6.61 Å². The third kappa shape index (κ3) is 1.84. The summed E-state index contributed by atoms with van der Waals surface area (Å²) < 4.78 is 5.51. The normalized spacial score (nSPS) is 22.1. The van der Waals surface area contributed by atoms with Crippen molar-refractivity contribution in [3.8, 4) is 0 Å². The van der Waals surface area contributed by atoms with Gasteiger partial charge in [0.2, 0.25) is 0 Å². The Morgan fingerprint density at radius 2 is 2.54 bits per heavy atom. The van der Waals surface area contributed by atoms with E-state index >= 15 is 0 Å². The molecule has 1 fully saturated rings. The molecule has 0 aromatic carbocycles. The van der Waals surface area contributed by atoms with E-state index < -0.39 is 0 Å². The molecule has 0 amide bonds. The molecule has 4 heteroatoms. The van der Waals surface area contributed by atoms with E-state index in [1.807, 2.05) is 6.07 Å². The number of hydrogen-bond donors (Lipinski definition) is 1. The molecular weight excluding hydrogens is 166 g/mol. The van der Waals surface area contributed by atoms with E-state index in [0.29, 0.717) is 12.4 Å². The van der Waals surface area contributed by atoms with Crippen LogP contribution >= 0.6 is 0 Å². The van der Waals surface area contributed by atoms with Gasteiger partial charge in [-0.25, -0.2) is 9.97 Å². The first kappa shape index (κ1) is 8.59. The molecule has 0 saturated carbocycles. The van der Waals surface area contributed by atoms with E-state index in [0.717, 1.165) is 25.1 Å². The van der Waals surface area contributed by atoms with Gasteiger partial charge in [-0.05, 0) is 18.9 Å². The molecule has 13 heavy (non-hydrogen) atoms. The van der Waals surface area contributed by atoms with Crippen LogP contribution in [0.5, 0.6) is 0 Å². The highest BCUT2D eigenvalue weighted by Gasteiger charge is 2.18. The molecule has 0 aliphatic carbocycles. The topological polar surface area (TPSA) is 61.0 Å². The van der Waals surface area contributed by atoms with Crippen LogP contribution in [0, 0.1) is 0 Å². The van der Waals surface area contributed by atoms with Crippen molar-refractivity contribution in [1.29, 1.82) is 0 Å². The second-order valence-corrected chi connectivity index (χ2v) is 3.10. The number of nitrogens with two attached hydrogens (primary N) is 1. The Morgan fingerprint density at radius 3 is 3.23 bits per heavy atom. The highest BCUT2D eigenvalue weighted by atomic mass is 16.5. The predicted octanol–water partition coefficient (Wildman–Crippen LogP) is 0.787. The summed E-state index contributed by atoms with van der Waals surface area (Å²) in [6, 6.07) is 1.90. The molecule has 1 aliphatic heterocycles. The molecule has 4 nitrogen and oxygen atoms in total. The summed E-state index contributed by atoms with van der Waals surface area (Å²) in [5.74, 6) is 0.688.